The Hall–Kier alpha value is -3.04. The molecule has 1 aliphatic carbocycles. The number of rotatable bonds is 6. The Bertz CT molecular complexity index is 1050. The highest BCUT2D eigenvalue weighted by Gasteiger charge is 2.33. The smallest absolute Gasteiger partial charge is 0.497 e. The molecule has 0 unspecified atom stereocenters. The molecule has 4 rings (SSSR count). The Morgan fingerprint density at radius 1 is 1.19 bits per heavy atom. The molecule has 0 bridgehead atoms. The van der Waals surface area contributed by atoms with Gasteiger partial charge in [0.25, 0.3) is 0 Å². The number of hydrogen-bond acceptors (Lipinski definition) is 6. The van der Waals surface area contributed by atoms with E-state index in [0.29, 0.717) is 23.3 Å². The Labute approximate surface area is 177 Å². The van der Waals surface area contributed by atoms with E-state index in [1.54, 1.807) is 23.0 Å². The number of methoxy groups -OCH3 is 1. The van der Waals surface area contributed by atoms with E-state index in [1.807, 2.05) is 0 Å². The number of ether oxygens (including phenoxy) is 2. The van der Waals surface area contributed by atoms with Gasteiger partial charge in [-0.3, -0.25) is 4.40 Å². The number of aromatic nitrogens is 4. The molecule has 1 aromatic carbocycles. The van der Waals surface area contributed by atoms with Crippen molar-refractivity contribution in [2.75, 3.05) is 19.0 Å². The van der Waals surface area contributed by atoms with Gasteiger partial charge in [0.2, 0.25) is 5.95 Å². The zero-order valence-electron chi connectivity index (χ0n) is 17.3. The molecule has 1 aliphatic rings. The van der Waals surface area contributed by atoms with E-state index in [0.717, 1.165) is 13.0 Å². The highest BCUT2D eigenvalue weighted by molar-refractivity contribution is 5.81. The van der Waals surface area contributed by atoms with E-state index in [9.17, 15) is 13.2 Å². The SMILES string of the molecule is COc1ccc(-c2nnc(NC[C@@H]3CCCC[C@@H]3C)n3cncc23)c(OC(F)(F)F)c1. The molecule has 1 saturated carbocycles. The first kappa shape index (κ1) is 21.2. The predicted octanol–water partition coefficient (Wildman–Crippen LogP) is 4.94. The molecule has 0 saturated heterocycles. The second kappa shape index (κ2) is 8.60. The van der Waals surface area contributed by atoms with Crippen LogP contribution in [-0.2, 0) is 0 Å². The van der Waals surface area contributed by atoms with Crippen LogP contribution in [-0.4, -0.2) is 39.6 Å². The molecule has 7 nitrogen and oxygen atoms in total. The summed E-state index contributed by atoms with van der Waals surface area (Å²) < 4.78 is 49.9. The van der Waals surface area contributed by atoms with E-state index in [2.05, 4.69) is 32.2 Å². The van der Waals surface area contributed by atoms with Gasteiger partial charge >= 0.3 is 6.36 Å². The van der Waals surface area contributed by atoms with Gasteiger partial charge < -0.3 is 14.8 Å². The predicted molar refractivity (Wildman–Crippen MR) is 109 cm³/mol. The molecule has 166 valence electrons. The van der Waals surface area contributed by atoms with Crippen LogP contribution in [0.25, 0.3) is 16.8 Å². The lowest BCUT2D eigenvalue weighted by molar-refractivity contribution is -0.274. The van der Waals surface area contributed by atoms with Crippen molar-refractivity contribution in [2.45, 2.75) is 39.0 Å². The van der Waals surface area contributed by atoms with Crippen molar-refractivity contribution in [3.05, 3.63) is 30.7 Å². The minimum Gasteiger partial charge on any atom is -0.497 e. The first-order valence-electron chi connectivity index (χ1n) is 10.2. The number of hydrogen-bond donors (Lipinski definition) is 1. The fourth-order valence-electron chi connectivity index (χ4n) is 4.10. The quantitative estimate of drug-likeness (QED) is 0.592. The molecular formula is C21H24F3N5O2. The summed E-state index contributed by atoms with van der Waals surface area (Å²) in [4.78, 5) is 4.15. The highest BCUT2D eigenvalue weighted by Crippen LogP contribution is 2.37. The lowest BCUT2D eigenvalue weighted by Gasteiger charge is -2.28. The molecule has 2 atom stereocenters. The van der Waals surface area contributed by atoms with Crippen LogP contribution in [0.15, 0.2) is 30.7 Å². The zero-order chi connectivity index (χ0) is 22.0. The van der Waals surface area contributed by atoms with Gasteiger partial charge in [0.15, 0.2) is 0 Å². The van der Waals surface area contributed by atoms with Crippen LogP contribution < -0.4 is 14.8 Å². The molecule has 2 heterocycles. The first-order chi connectivity index (χ1) is 14.9. The van der Waals surface area contributed by atoms with E-state index in [-0.39, 0.29) is 17.0 Å². The second-order valence-electron chi connectivity index (χ2n) is 7.83. The molecule has 0 radical (unpaired) electrons. The van der Waals surface area contributed by atoms with Crippen molar-refractivity contribution in [3.63, 3.8) is 0 Å². The number of imidazole rings is 1. The Morgan fingerprint density at radius 2 is 2.00 bits per heavy atom. The van der Waals surface area contributed by atoms with Crippen LogP contribution in [0.5, 0.6) is 11.5 Å². The van der Waals surface area contributed by atoms with Crippen LogP contribution in [0, 0.1) is 11.8 Å². The minimum absolute atomic E-state index is 0.142. The lowest BCUT2D eigenvalue weighted by atomic mass is 9.80. The zero-order valence-corrected chi connectivity index (χ0v) is 17.3. The second-order valence-corrected chi connectivity index (χ2v) is 7.83. The normalized spacial score (nSPS) is 19.4. The van der Waals surface area contributed by atoms with Crippen LogP contribution in [0.4, 0.5) is 19.1 Å². The number of fused-ring (bicyclic) bond motifs is 1. The number of halogens is 3. The molecule has 10 heteroatoms. The van der Waals surface area contributed by atoms with Crippen LogP contribution >= 0.6 is 0 Å². The number of nitrogens with one attached hydrogen (secondary N) is 1. The van der Waals surface area contributed by atoms with E-state index >= 15 is 0 Å². The molecule has 1 fully saturated rings. The van der Waals surface area contributed by atoms with Gasteiger partial charge in [-0.1, -0.05) is 26.2 Å². The number of nitrogens with zero attached hydrogens (tertiary/aromatic N) is 4. The number of benzene rings is 1. The van der Waals surface area contributed by atoms with Crippen molar-refractivity contribution < 1.29 is 22.6 Å². The maximum Gasteiger partial charge on any atom is 0.573 e. The highest BCUT2D eigenvalue weighted by atomic mass is 19.4. The van der Waals surface area contributed by atoms with Gasteiger partial charge in [-0.25, -0.2) is 4.98 Å². The van der Waals surface area contributed by atoms with Crippen molar-refractivity contribution in [2.24, 2.45) is 11.8 Å². The van der Waals surface area contributed by atoms with Gasteiger partial charge in [0, 0.05) is 18.2 Å². The molecular weight excluding hydrogens is 411 g/mol. The number of anilines is 1. The molecule has 0 spiro atoms. The third kappa shape index (κ3) is 4.67. The molecule has 0 amide bonds. The summed E-state index contributed by atoms with van der Waals surface area (Å²) in [6, 6.07) is 4.19. The van der Waals surface area contributed by atoms with Crippen LogP contribution in [0.1, 0.15) is 32.6 Å². The summed E-state index contributed by atoms with van der Waals surface area (Å²) in [6.45, 7) is 3.02. The van der Waals surface area contributed by atoms with E-state index < -0.39 is 12.1 Å². The molecule has 0 aliphatic heterocycles. The number of alkyl halides is 3. The molecule has 31 heavy (non-hydrogen) atoms. The Morgan fingerprint density at radius 3 is 2.74 bits per heavy atom. The summed E-state index contributed by atoms with van der Waals surface area (Å²) in [5.74, 6) is 1.50. The maximum absolute atomic E-state index is 13.0. The van der Waals surface area contributed by atoms with Crippen molar-refractivity contribution in [3.8, 4) is 22.8 Å². The van der Waals surface area contributed by atoms with Gasteiger partial charge in [-0.15, -0.1) is 23.4 Å². The van der Waals surface area contributed by atoms with Gasteiger partial charge in [-0.05, 0) is 30.4 Å². The van der Waals surface area contributed by atoms with Gasteiger partial charge in [0.1, 0.15) is 23.5 Å². The Balaban J connectivity index is 1.67. The summed E-state index contributed by atoms with van der Waals surface area (Å²) in [6.07, 6.45) is 3.12. The topological polar surface area (TPSA) is 73.6 Å². The summed E-state index contributed by atoms with van der Waals surface area (Å²) >= 11 is 0. The molecule has 1 N–H and O–H groups in total. The largest absolute Gasteiger partial charge is 0.573 e. The van der Waals surface area contributed by atoms with Gasteiger partial charge in [-0.2, -0.15) is 0 Å². The third-order valence-electron chi connectivity index (χ3n) is 5.84. The van der Waals surface area contributed by atoms with Crippen LogP contribution in [0.3, 0.4) is 0 Å². The van der Waals surface area contributed by atoms with Crippen molar-refractivity contribution >= 4 is 11.5 Å². The van der Waals surface area contributed by atoms with Gasteiger partial charge in [0.05, 0.1) is 18.8 Å². The fourth-order valence-corrected chi connectivity index (χ4v) is 4.10. The summed E-state index contributed by atoms with van der Waals surface area (Å²) in [5, 5.41) is 11.8. The monoisotopic (exact) mass is 435 g/mol. The lowest BCUT2D eigenvalue weighted by Crippen LogP contribution is -2.25. The summed E-state index contributed by atoms with van der Waals surface area (Å²) in [7, 11) is 1.37. The summed E-state index contributed by atoms with van der Waals surface area (Å²) in [5.41, 5.74) is 0.894. The average Bonchev–Trinajstić information content (AvgIpc) is 3.22. The minimum atomic E-state index is -4.86. The fraction of sp³-hybridized carbons (Fsp3) is 0.476. The van der Waals surface area contributed by atoms with Crippen molar-refractivity contribution in [1.29, 1.82) is 0 Å². The van der Waals surface area contributed by atoms with Crippen LogP contribution in [0.2, 0.25) is 0 Å². The third-order valence-corrected chi connectivity index (χ3v) is 5.84. The average molecular weight is 435 g/mol. The van der Waals surface area contributed by atoms with E-state index in [4.69, 9.17) is 4.74 Å². The Kier molecular flexibility index (Phi) is 5.88. The standard InChI is InChI=1S/C21H24F3N5O2/c1-13-5-3-4-6-14(13)10-26-20-28-27-19(17-11-25-12-29(17)20)16-8-7-15(30-2)9-18(16)31-21(22,23)24/h7-9,11-14H,3-6,10H2,1-2H3,(H,26,28)/t13-,14-/m0/s1. The molecule has 2 aromatic heterocycles. The van der Waals surface area contributed by atoms with Crippen molar-refractivity contribution in [1.82, 2.24) is 19.6 Å². The van der Waals surface area contributed by atoms with E-state index in [1.165, 1.54) is 38.5 Å². The molecule has 3 aromatic rings. The maximum atomic E-state index is 13.0. The first-order valence-corrected chi connectivity index (χ1v) is 10.2.